The molecule has 0 heterocycles. The molecule has 0 aliphatic rings. The molecule has 2 unspecified atom stereocenters. The van der Waals surface area contributed by atoms with Crippen molar-refractivity contribution in [1.82, 2.24) is 0 Å². The van der Waals surface area contributed by atoms with E-state index >= 15 is 0 Å². The molecule has 100 valence electrons. The number of hydrogen-bond acceptors (Lipinski definition) is 3. The predicted molar refractivity (Wildman–Crippen MR) is 68.7 cm³/mol. The molecule has 2 N–H and O–H groups in total. The number of carbonyl (C=O) groups is 1. The van der Waals surface area contributed by atoms with Crippen molar-refractivity contribution in [2.75, 3.05) is 7.11 Å². The van der Waals surface area contributed by atoms with Gasteiger partial charge in [0.05, 0.1) is 19.1 Å². The van der Waals surface area contributed by atoms with E-state index in [1.807, 2.05) is 24.3 Å². The Balaban J connectivity index is 2.67. The lowest BCUT2D eigenvalue weighted by Crippen LogP contribution is -2.18. The number of aliphatic carboxylic acids is 1. The van der Waals surface area contributed by atoms with Gasteiger partial charge in [0.2, 0.25) is 0 Å². The van der Waals surface area contributed by atoms with Gasteiger partial charge in [-0.1, -0.05) is 12.1 Å². The van der Waals surface area contributed by atoms with E-state index in [0.717, 1.165) is 11.3 Å². The lowest BCUT2D eigenvalue weighted by molar-refractivity contribution is -0.142. The van der Waals surface area contributed by atoms with E-state index in [9.17, 15) is 9.90 Å². The number of carboxylic acid groups (broad SMARTS) is 1. The van der Waals surface area contributed by atoms with Crippen molar-refractivity contribution in [2.45, 2.75) is 32.3 Å². The molecule has 4 nitrogen and oxygen atoms in total. The van der Waals surface area contributed by atoms with Gasteiger partial charge in [0.25, 0.3) is 0 Å². The number of aliphatic hydroxyl groups excluding tert-OH is 1. The zero-order chi connectivity index (χ0) is 13.5. The number of rotatable bonds is 7. The van der Waals surface area contributed by atoms with Gasteiger partial charge in [-0.05, 0) is 43.9 Å². The minimum Gasteiger partial charge on any atom is -0.497 e. The zero-order valence-electron chi connectivity index (χ0n) is 10.8. The van der Waals surface area contributed by atoms with Crippen molar-refractivity contribution in [3.63, 3.8) is 0 Å². The fourth-order valence-corrected chi connectivity index (χ4v) is 1.84. The quantitative estimate of drug-likeness (QED) is 0.780. The molecule has 1 aromatic carbocycles. The Morgan fingerprint density at radius 1 is 1.39 bits per heavy atom. The molecule has 0 spiro atoms. The van der Waals surface area contributed by atoms with Crippen LogP contribution in [-0.2, 0) is 11.2 Å². The monoisotopic (exact) mass is 252 g/mol. The molecule has 0 aliphatic carbocycles. The van der Waals surface area contributed by atoms with Crippen molar-refractivity contribution in [2.24, 2.45) is 5.92 Å². The molecule has 0 radical (unpaired) electrons. The maximum Gasteiger partial charge on any atom is 0.306 e. The molecule has 1 rings (SSSR count). The number of carboxylic acids is 1. The van der Waals surface area contributed by atoms with Gasteiger partial charge in [-0.3, -0.25) is 4.79 Å². The van der Waals surface area contributed by atoms with Gasteiger partial charge >= 0.3 is 5.97 Å². The summed E-state index contributed by atoms with van der Waals surface area (Å²) in [6.07, 6.45) is 0.974. The highest BCUT2D eigenvalue weighted by Gasteiger charge is 2.18. The third-order valence-corrected chi connectivity index (χ3v) is 2.90. The average Bonchev–Trinajstić information content (AvgIpc) is 2.34. The summed E-state index contributed by atoms with van der Waals surface area (Å²) in [7, 11) is 1.58. The minimum absolute atomic E-state index is 0.458. The second-order valence-corrected chi connectivity index (χ2v) is 4.52. The van der Waals surface area contributed by atoms with E-state index in [-0.39, 0.29) is 0 Å². The molecule has 2 atom stereocenters. The van der Waals surface area contributed by atoms with Crippen molar-refractivity contribution < 1.29 is 19.7 Å². The topological polar surface area (TPSA) is 66.8 Å². The van der Waals surface area contributed by atoms with Crippen LogP contribution in [0.25, 0.3) is 0 Å². The smallest absolute Gasteiger partial charge is 0.306 e. The van der Waals surface area contributed by atoms with Crippen LogP contribution in [0.1, 0.15) is 25.3 Å². The Labute approximate surface area is 107 Å². The van der Waals surface area contributed by atoms with Crippen LogP contribution >= 0.6 is 0 Å². The van der Waals surface area contributed by atoms with E-state index in [1.165, 1.54) is 0 Å². The summed E-state index contributed by atoms with van der Waals surface area (Å²) in [4.78, 5) is 11.2. The highest BCUT2D eigenvalue weighted by Crippen LogP contribution is 2.19. The van der Waals surface area contributed by atoms with Crippen LogP contribution in [0.2, 0.25) is 0 Å². The average molecular weight is 252 g/mol. The van der Waals surface area contributed by atoms with Gasteiger partial charge < -0.3 is 14.9 Å². The zero-order valence-corrected chi connectivity index (χ0v) is 10.8. The summed E-state index contributed by atoms with van der Waals surface area (Å²) >= 11 is 0. The summed E-state index contributed by atoms with van der Waals surface area (Å²) in [5, 5.41) is 18.4. The number of benzene rings is 1. The van der Waals surface area contributed by atoms with Crippen molar-refractivity contribution >= 4 is 5.97 Å². The standard InChI is InChI=1S/C14H20O4/c1-10(15)6-7-12(14(16)17)8-11-4-3-5-13(9-11)18-2/h3-5,9-10,12,15H,6-8H2,1-2H3,(H,16,17). The van der Waals surface area contributed by atoms with Gasteiger partial charge in [0.1, 0.15) is 5.75 Å². The second kappa shape index (κ2) is 7.01. The summed E-state index contributed by atoms with van der Waals surface area (Å²) < 4.78 is 5.11. The molecule has 1 aromatic rings. The lowest BCUT2D eigenvalue weighted by Gasteiger charge is -2.14. The molecule has 0 amide bonds. The summed E-state index contributed by atoms with van der Waals surface area (Å²) in [6, 6.07) is 7.41. The van der Waals surface area contributed by atoms with E-state index < -0.39 is 18.0 Å². The SMILES string of the molecule is COc1cccc(CC(CCC(C)O)C(=O)O)c1. The summed E-state index contributed by atoms with van der Waals surface area (Å²) in [5.74, 6) is -0.558. The summed E-state index contributed by atoms with van der Waals surface area (Å²) in [5.41, 5.74) is 0.937. The molecule has 0 bridgehead atoms. The van der Waals surface area contributed by atoms with Crippen LogP contribution in [0.15, 0.2) is 24.3 Å². The van der Waals surface area contributed by atoms with Crippen molar-refractivity contribution in [1.29, 1.82) is 0 Å². The molecule has 0 saturated carbocycles. The fraction of sp³-hybridized carbons (Fsp3) is 0.500. The molecular weight excluding hydrogens is 232 g/mol. The highest BCUT2D eigenvalue weighted by molar-refractivity contribution is 5.70. The van der Waals surface area contributed by atoms with Crippen LogP contribution in [0.4, 0.5) is 0 Å². The Kier molecular flexibility index (Phi) is 5.65. The minimum atomic E-state index is -0.821. The number of aliphatic hydroxyl groups is 1. The summed E-state index contributed by atoms with van der Waals surface area (Å²) in [6.45, 7) is 1.67. The third-order valence-electron chi connectivity index (χ3n) is 2.90. The van der Waals surface area contributed by atoms with Gasteiger partial charge in [-0.2, -0.15) is 0 Å². The van der Waals surface area contributed by atoms with Gasteiger partial charge in [-0.15, -0.1) is 0 Å². The molecule has 0 aliphatic heterocycles. The molecular formula is C14H20O4. The van der Waals surface area contributed by atoms with Gasteiger partial charge in [-0.25, -0.2) is 0 Å². The maximum atomic E-state index is 11.2. The molecule has 0 saturated heterocycles. The highest BCUT2D eigenvalue weighted by atomic mass is 16.5. The van der Waals surface area contributed by atoms with Crippen LogP contribution in [0, 0.1) is 5.92 Å². The molecule has 4 heteroatoms. The van der Waals surface area contributed by atoms with Crippen LogP contribution < -0.4 is 4.74 Å². The molecule has 0 fully saturated rings. The van der Waals surface area contributed by atoms with E-state index in [1.54, 1.807) is 14.0 Å². The van der Waals surface area contributed by atoms with E-state index in [4.69, 9.17) is 9.84 Å². The largest absolute Gasteiger partial charge is 0.497 e. The Morgan fingerprint density at radius 2 is 2.11 bits per heavy atom. The first-order valence-electron chi connectivity index (χ1n) is 6.06. The number of hydrogen-bond donors (Lipinski definition) is 2. The number of ether oxygens (including phenoxy) is 1. The van der Waals surface area contributed by atoms with Crippen molar-refractivity contribution in [3.8, 4) is 5.75 Å². The Hall–Kier alpha value is -1.55. The van der Waals surface area contributed by atoms with Crippen LogP contribution in [0.5, 0.6) is 5.75 Å². The van der Waals surface area contributed by atoms with Crippen molar-refractivity contribution in [3.05, 3.63) is 29.8 Å². The van der Waals surface area contributed by atoms with Crippen LogP contribution in [0.3, 0.4) is 0 Å². The fourth-order valence-electron chi connectivity index (χ4n) is 1.84. The van der Waals surface area contributed by atoms with E-state index in [0.29, 0.717) is 19.3 Å². The Bertz CT molecular complexity index is 387. The molecule has 18 heavy (non-hydrogen) atoms. The third kappa shape index (κ3) is 4.75. The first-order valence-corrected chi connectivity index (χ1v) is 6.06. The van der Waals surface area contributed by atoms with E-state index in [2.05, 4.69) is 0 Å². The molecule has 0 aromatic heterocycles. The normalized spacial score (nSPS) is 13.9. The second-order valence-electron chi connectivity index (χ2n) is 4.52. The number of methoxy groups -OCH3 is 1. The Morgan fingerprint density at radius 3 is 2.67 bits per heavy atom. The van der Waals surface area contributed by atoms with Crippen LogP contribution in [-0.4, -0.2) is 29.4 Å². The first kappa shape index (κ1) is 14.5. The predicted octanol–water partition coefficient (Wildman–Crippen LogP) is 2.10. The van der Waals surface area contributed by atoms with Gasteiger partial charge in [0, 0.05) is 0 Å². The van der Waals surface area contributed by atoms with Gasteiger partial charge in [0.15, 0.2) is 0 Å². The lowest BCUT2D eigenvalue weighted by atomic mass is 9.94. The maximum absolute atomic E-state index is 11.2. The first-order chi connectivity index (χ1) is 8.52.